The lowest BCUT2D eigenvalue weighted by Gasteiger charge is -2.37. The summed E-state index contributed by atoms with van der Waals surface area (Å²) in [6.45, 7) is 0.327. The van der Waals surface area contributed by atoms with Crippen molar-refractivity contribution >= 4 is 11.7 Å². The number of rotatable bonds is 4. The van der Waals surface area contributed by atoms with E-state index in [2.05, 4.69) is 10.2 Å². The monoisotopic (exact) mass is 224 g/mol. The van der Waals surface area contributed by atoms with Crippen LogP contribution in [0.2, 0.25) is 0 Å². The van der Waals surface area contributed by atoms with Crippen molar-refractivity contribution in [1.29, 1.82) is 0 Å². The molecule has 1 saturated carbocycles. The van der Waals surface area contributed by atoms with E-state index in [0.29, 0.717) is 12.1 Å². The van der Waals surface area contributed by atoms with E-state index in [4.69, 9.17) is 10.8 Å². The van der Waals surface area contributed by atoms with Gasteiger partial charge in [0.1, 0.15) is 11.4 Å². The maximum atomic E-state index is 12.1. The Kier molecular flexibility index (Phi) is 3.09. The number of H-pyrrole nitrogens is 1. The lowest BCUT2D eigenvalue weighted by molar-refractivity contribution is 0.0527. The topological polar surface area (TPSA) is 95.2 Å². The lowest BCUT2D eigenvalue weighted by atomic mass is 9.91. The van der Waals surface area contributed by atoms with E-state index in [1.54, 1.807) is 4.90 Å². The number of carbonyl (C=O) groups excluding carboxylic acids is 1. The van der Waals surface area contributed by atoms with Gasteiger partial charge in [-0.3, -0.25) is 9.89 Å². The van der Waals surface area contributed by atoms with Crippen LogP contribution in [-0.2, 0) is 0 Å². The molecule has 1 aliphatic rings. The Morgan fingerprint density at radius 1 is 1.69 bits per heavy atom. The number of nitrogen functional groups attached to an aromatic ring is 1. The first-order chi connectivity index (χ1) is 7.74. The number of hydrogen-bond acceptors (Lipinski definition) is 4. The summed E-state index contributed by atoms with van der Waals surface area (Å²) in [6, 6.07) is 0.244. The molecule has 0 bridgehead atoms. The van der Waals surface area contributed by atoms with Gasteiger partial charge in [-0.25, -0.2) is 0 Å². The second-order valence-corrected chi connectivity index (χ2v) is 4.00. The van der Waals surface area contributed by atoms with Crippen molar-refractivity contribution in [2.24, 2.45) is 0 Å². The summed E-state index contributed by atoms with van der Waals surface area (Å²) in [4.78, 5) is 13.8. The summed E-state index contributed by atoms with van der Waals surface area (Å²) >= 11 is 0. The number of aromatic amines is 1. The molecular formula is C10H16N4O2. The average Bonchev–Trinajstić information content (AvgIpc) is 2.60. The molecule has 0 atom stereocenters. The van der Waals surface area contributed by atoms with Gasteiger partial charge in [0.15, 0.2) is 0 Å². The predicted molar refractivity (Wildman–Crippen MR) is 58.8 cm³/mol. The minimum Gasteiger partial charge on any atom is -0.395 e. The molecule has 4 N–H and O–H groups in total. The highest BCUT2D eigenvalue weighted by Gasteiger charge is 2.30. The molecule has 0 aromatic carbocycles. The molecule has 0 saturated heterocycles. The van der Waals surface area contributed by atoms with Gasteiger partial charge in [-0.2, -0.15) is 5.10 Å². The van der Waals surface area contributed by atoms with Crippen LogP contribution in [0, 0.1) is 0 Å². The van der Waals surface area contributed by atoms with Gasteiger partial charge in [-0.15, -0.1) is 0 Å². The van der Waals surface area contributed by atoms with Crippen molar-refractivity contribution in [3.05, 3.63) is 11.8 Å². The lowest BCUT2D eigenvalue weighted by Crippen LogP contribution is -2.45. The van der Waals surface area contributed by atoms with Crippen molar-refractivity contribution in [3.63, 3.8) is 0 Å². The van der Waals surface area contributed by atoms with Crippen LogP contribution in [0.3, 0.4) is 0 Å². The Hall–Kier alpha value is -1.56. The van der Waals surface area contributed by atoms with E-state index in [0.717, 1.165) is 19.3 Å². The molecule has 2 rings (SSSR count). The van der Waals surface area contributed by atoms with Crippen molar-refractivity contribution in [3.8, 4) is 0 Å². The number of aromatic nitrogens is 2. The fraction of sp³-hybridized carbons (Fsp3) is 0.600. The highest BCUT2D eigenvalue weighted by molar-refractivity contribution is 5.98. The van der Waals surface area contributed by atoms with Crippen LogP contribution in [0.5, 0.6) is 0 Å². The molecule has 0 spiro atoms. The van der Waals surface area contributed by atoms with Gasteiger partial charge in [0.25, 0.3) is 5.91 Å². The van der Waals surface area contributed by atoms with Gasteiger partial charge in [0.05, 0.1) is 12.8 Å². The van der Waals surface area contributed by atoms with Crippen LogP contribution in [-0.4, -0.2) is 45.3 Å². The van der Waals surface area contributed by atoms with Crippen molar-refractivity contribution in [2.75, 3.05) is 18.9 Å². The molecule has 1 fully saturated rings. The van der Waals surface area contributed by atoms with Crippen LogP contribution < -0.4 is 5.73 Å². The number of nitrogens with zero attached hydrogens (tertiary/aromatic N) is 2. The minimum absolute atomic E-state index is 0.0278. The third-order valence-corrected chi connectivity index (χ3v) is 3.02. The molecule has 6 nitrogen and oxygen atoms in total. The maximum Gasteiger partial charge on any atom is 0.259 e. The third kappa shape index (κ3) is 1.88. The second kappa shape index (κ2) is 4.52. The molecule has 1 aliphatic carbocycles. The Morgan fingerprint density at radius 3 is 2.88 bits per heavy atom. The smallest absolute Gasteiger partial charge is 0.259 e. The summed E-state index contributed by atoms with van der Waals surface area (Å²) in [5.41, 5.74) is 6.00. The van der Waals surface area contributed by atoms with E-state index < -0.39 is 0 Å². The van der Waals surface area contributed by atoms with Crippen LogP contribution in [0.1, 0.15) is 29.6 Å². The van der Waals surface area contributed by atoms with Gasteiger partial charge in [-0.1, -0.05) is 0 Å². The van der Waals surface area contributed by atoms with Gasteiger partial charge >= 0.3 is 0 Å². The molecule has 88 valence electrons. The summed E-state index contributed by atoms with van der Waals surface area (Å²) in [5, 5.41) is 15.2. The quantitative estimate of drug-likeness (QED) is 0.669. The van der Waals surface area contributed by atoms with Gasteiger partial charge in [0, 0.05) is 12.6 Å². The SMILES string of the molecule is Nc1[nH]ncc1C(=O)N(CCO)C1CCC1. The van der Waals surface area contributed by atoms with Crippen molar-refractivity contribution < 1.29 is 9.90 Å². The molecule has 1 heterocycles. The average molecular weight is 224 g/mol. The first-order valence-electron chi connectivity index (χ1n) is 5.44. The molecule has 0 aliphatic heterocycles. The van der Waals surface area contributed by atoms with Crippen LogP contribution >= 0.6 is 0 Å². The summed E-state index contributed by atoms with van der Waals surface area (Å²) in [7, 11) is 0. The van der Waals surface area contributed by atoms with E-state index in [1.165, 1.54) is 6.20 Å². The Morgan fingerprint density at radius 2 is 2.44 bits per heavy atom. The molecule has 0 unspecified atom stereocenters. The molecule has 6 heteroatoms. The third-order valence-electron chi connectivity index (χ3n) is 3.02. The zero-order valence-electron chi connectivity index (χ0n) is 9.02. The molecule has 16 heavy (non-hydrogen) atoms. The van der Waals surface area contributed by atoms with Crippen molar-refractivity contribution in [1.82, 2.24) is 15.1 Å². The minimum atomic E-state index is -0.148. The number of nitrogens with one attached hydrogen (secondary N) is 1. The highest BCUT2D eigenvalue weighted by Crippen LogP contribution is 2.26. The number of anilines is 1. The fourth-order valence-electron chi connectivity index (χ4n) is 1.88. The van der Waals surface area contributed by atoms with Gasteiger partial charge < -0.3 is 15.7 Å². The Bertz CT molecular complexity index is 373. The van der Waals surface area contributed by atoms with Crippen molar-refractivity contribution in [2.45, 2.75) is 25.3 Å². The molecule has 1 amide bonds. The number of aliphatic hydroxyl groups is 1. The van der Waals surface area contributed by atoms with Crippen LogP contribution in [0.4, 0.5) is 5.82 Å². The number of carbonyl (C=O) groups is 1. The Labute approximate surface area is 93.4 Å². The van der Waals surface area contributed by atoms with E-state index >= 15 is 0 Å². The largest absolute Gasteiger partial charge is 0.395 e. The van der Waals surface area contributed by atoms with E-state index in [9.17, 15) is 4.79 Å². The Balaban J connectivity index is 2.13. The second-order valence-electron chi connectivity index (χ2n) is 4.00. The zero-order valence-corrected chi connectivity index (χ0v) is 9.02. The standard InChI is InChI=1S/C10H16N4O2/c11-9-8(6-12-13-9)10(16)14(4-5-15)7-2-1-3-7/h6-7,15H,1-5H2,(H3,11,12,13). The zero-order chi connectivity index (χ0) is 11.5. The first kappa shape index (κ1) is 10.9. The molecule has 0 radical (unpaired) electrons. The number of nitrogens with two attached hydrogens (primary N) is 1. The summed E-state index contributed by atoms with van der Waals surface area (Å²) in [5.74, 6) is 0.136. The predicted octanol–water partition coefficient (Wildman–Crippen LogP) is -0.0211. The summed E-state index contributed by atoms with van der Waals surface area (Å²) < 4.78 is 0. The van der Waals surface area contributed by atoms with E-state index in [1.807, 2.05) is 0 Å². The van der Waals surface area contributed by atoms with E-state index in [-0.39, 0.29) is 24.4 Å². The van der Waals surface area contributed by atoms with Crippen LogP contribution in [0.25, 0.3) is 0 Å². The number of amides is 1. The highest BCUT2D eigenvalue weighted by atomic mass is 16.3. The molecule has 1 aromatic heterocycles. The number of aliphatic hydroxyl groups excluding tert-OH is 1. The fourth-order valence-corrected chi connectivity index (χ4v) is 1.88. The molecular weight excluding hydrogens is 208 g/mol. The maximum absolute atomic E-state index is 12.1. The van der Waals surface area contributed by atoms with Gasteiger partial charge in [-0.05, 0) is 19.3 Å². The first-order valence-corrected chi connectivity index (χ1v) is 5.44. The van der Waals surface area contributed by atoms with Gasteiger partial charge in [0.2, 0.25) is 0 Å². The molecule has 1 aromatic rings. The number of hydrogen-bond donors (Lipinski definition) is 3. The normalized spacial score (nSPS) is 15.8. The summed E-state index contributed by atoms with van der Waals surface area (Å²) in [6.07, 6.45) is 4.58. The van der Waals surface area contributed by atoms with Crippen LogP contribution in [0.15, 0.2) is 6.20 Å².